The van der Waals surface area contributed by atoms with Gasteiger partial charge in [-0.3, -0.25) is 0 Å². The predicted molar refractivity (Wildman–Crippen MR) is 63.1 cm³/mol. The summed E-state index contributed by atoms with van der Waals surface area (Å²) in [6, 6.07) is 4.51. The Morgan fingerprint density at radius 1 is 1.50 bits per heavy atom. The number of nitrogens with one attached hydrogen (secondary N) is 1. The van der Waals surface area contributed by atoms with Crippen LogP contribution in [0, 0.1) is 11.3 Å². The van der Waals surface area contributed by atoms with Crippen molar-refractivity contribution in [3.05, 3.63) is 24.0 Å². The van der Waals surface area contributed by atoms with Gasteiger partial charge in [0.25, 0.3) is 0 Å². The second-order valence-corrected chi connectivity index (χ2v) is 5.85. The second-order valence-electron chi connectivity index (χ2n) is 4.14. The number of hydrogen-bond acceptors (Lipinski definition) is 5. The minimum atomic E-state index is -3.55. The van der Waals surface area contributed by atoms with Crippen LogP contribution >= 0.6 is 0 Å². The van der Waals surface area contributed by atoms with Crippen LogP contribution in [0.5, 0.6) is 0 Å². The maximum atomic E-state index is 12.0. The Labute approximate surface area is 106 Å². The van der Waals surface area contributed by atoms with Crippen molar-refractivity contribution >= 4 is 10.0 Å². The number of hydrogen-bond donors (Lipinski definition) is 1. The number of aromatic nitrogens is 1. The molecule has 1 N–H and O–H groups in total. The Kier molecular flexibility index (Phi) is 3.61. The number of ether oxygens (including phenoxy) is 1. The summed E-state index contributed by atoms with van der Waals surface area (Å²) in [5.41, 5.74) is 0.192. The fraction of sp³-hybridized carbons (Fsp3) is 0.455. The second kappa shape index (κ2) is 5.02. The van der Waals surface area contributed by atoms with Gasteiger partial charge in [-0.2, -0.15) is 5.26 Å². The van der Waals surface area contributed by atoms with Gasteiger partial charge in [-0.1, -0.05) is 0 Å². The van der Waals surface area contributed by atoms with Crippen LogP contribution in [0.15, 0.2) is 23.2 Å². The van der Waals surface area contributed by atoms with E-state index in [4.69, 9.17) is 10.00 Å². The lowest BCUT2D eigenvalue weighted by molar-refractivity contribution is 0.0236. The van der Waals surface area contributed by atoms with Crippen LogP contribution in [-0.4, -0.2) is 32.7 Å². The van der Waals surface area contributed by atoms with Crippen LogP contribution in [0.2, 0.25) is 0 Å². The Hall–Kier alpha value is -1.49. The minimum Gasteiger partial charge on any atom is -0.381 e. The molecule has 1 aliphatic rings. The lowest BCUT2D eigenvalue weighted by atomic mass is 9.90. The van der Waals surface area contributed by atoms with Crippen molar-refractivity contribution in [3.63, 3.8) is 0 Å². The molecule has 96 valence electrons. The Morgan fingerprint density at radius 3 is 2.72 bits per heavy atom. The quantitative estimate of drug-likeness (QED) is 0.853. The third-order valence-electron chi connectivity index (χ3n) is 2.91. The van der Waals surface area contributed by atoms with E-state index in [0.717, 1.165) is 0 Å². The first-order chi connectivity index (χ1) is 8.55. The molecule has 6 nitrogen and oxygen atoms in total. The molecule has 0 amide bonds. The first kappa shape index (κ1) is 13.0. The minimum absolute atomic E-state index is 0.0716. The molecule has 0 saturated heterocycles. The molecular formula is C11H13N3O3S. The van der Waals surface area contributed by atoms with E-state index in [1.165, 1.54) is 18.3 Å². The third-order valence-corrected chi connectivity index (χ3v) is 4.42. The molecular weight excluding hydrogens is 254 g/mol. The smallest absolute Gasteiger partial charge is 0.242 e. The Morgan fingerprint density at radius 2 is 2.22 bits per heavy atom. The molecule has 0 aliphatic heterocycles. The highest BCUT2D eigenvalue weighted by Gasteiger charge is 2.32. The van der Waals surface area contributed by atoms with Gasteiger partial charge >= 0.3 is 0 Å². The van der Waals surface area contributed by atoms with Crippen molar-refractivity contribution in [2.24, 2.45) is 0 Å². The summed E-state index contributed by atoms with van der Waals surface area (Å²) >= 11 is 0. The van der Waals surface area contributed by atoms with Crippen molar-refractivity contribution in [1.82, 2.24) is 9.71 Å². The topological polar surface area (TPSA) is 92.1 Å². The summed E-state index contributed by atoms with van der Waals surface area (Å²) in [6.45, 7) is 0. The Balaban J connectivity index is 2.04. The summed E-state index contributed by atoms with van der Waals surface area (Å²) in [4.78, 5) is 3.81. The number of nitrogens with zero attached hydrogens (tertiary/aromatic N) is 2. The highest BCUT2D eigenvalue weighted by Crippen LogP contribution is 2.24. The van der Waals surface area contributed by atoms with Crippen LogP contribution in [0.3, 0.4) is 0 Å². The summed E-state index contributed by atoms with van der Waals surface area (Å²) in [6.07, 6.45) is 2.68. The standard InChI is InChI=1S/C11H13N3O3S/c1-17-10-4-9(5-10)14-18(15,16)11-3-2-8(6-12)13-7-11/h2-3,7,9-10,14H,4-5H2,1H3. The monoisotopic (exact) mass is 267 g/mol. The maximum Gasteiger partial charge on any atom is 0.242 e. The number of sulfonamides is 1. The van der Waals surface area contributed by atoms with Gasteiger partial charge in [0.1, 0.15) is 16.7 Å². The largest absolute Gasteiger partial charge is 0.381 e. The molecule has 7 heteroatoms. The maximum absolute atomic E-state index is 12.0. The zero-order chi connectivity index (χ0) is 13.2. The summed E-state index contributed by atoms with van der Waals surface area (Å²) in [7, 11) is -1.94. The highest BCUT2D eigenvalue weighted by atomic mass is 32.2. The third kappa shape index (κ3) is 2.67. The molecule has 1 saturated carbocycles. The molecule has 0 atom stereocenters. The van der Waals surface area contributed by atoms with Gasteiger partial charge < -0.3 is 4.74 Å². The lowest BCUT2D eigenvalue weighted by Crippen LogP contribution is -2.47. The summed E-state index contributed by atoms with van der Waals surface area (Å²) < 4.78 is 31.6. The van der Waals surface area contributed by atoms with E-state index in [0.29, 0.717) is 12.8 Å². The lowest BCUT2D eigenvalue weighted by Gasteiger charge is -2.34. The Bertz CT molecular complexity index is 556. The van der Waals surface area contributed by atoms with E-state index in [-0.39, 0.29) is 22.7 Å². The van der Waals surface area contributed by atoms with E-state index in [9.17, 15) is 8.42 Å². The van der Waals surface area contributed by atoms with Crippen LogP contribution in [0.1, 0.15) is 18.5 Å². The van der Waals surface area contributed by atoms with E-state index < -0.39 is 10.0 Å². The molecule has 0 unspecified atom stereocenters. The normalized spacial score (nSPS) is 23.1. The highest BCUT2D eigenvalue weighted by molar-refractivity contribution is 7.89. The first-order valence-corrected chi connectivity index (χ1v) is 6.95. The summed E-state index contributed by atoms with van der Waals surface area (Å²) in [5, 5.41) is 8.59. The van der Waals surface area contributed by atoms with Crippen molar-refractivity contribution < 1.29 is 13.2 Å². The van der Waals surface area contributed by atoms with Crippen LogP contribution < -0.4 is 4.72 Å². The van der Waals surface area contributed by atoms with E-state index in [2.05, 4.69) is 9.71 Å². The molecule has 2 rings (SSSR count). The zero-order valence-corrected chi connectivity index (χ0v) is 10.6. The molecule has 1 aromatic rings. The van der Waals surface area contributed by atoms with Gasteiger partial charge in [0.2, 0.25) is 10.0 Å². The predicted octanol–water partition coefficient (Wildman–Crippen LogP) is 0.409. The zero-order valence-electron chi connectivity index (χ0n) is 9.83. The number of methoxy groups -OCH3 is 1. The average molecular weight is 267 g/mol. The molecule has 18 heavy (non-hydrogen) atoms. The van der Waals surface area contributed by atoms with Crippen LogP contribution in [0.4, 0.5) is 0 Å². The van der Waals surface area contributed by atoms with Gasteiger partial charge in [-0.15, -0.1) is 0 Å². The van der Waals surface area contributed by atoms with E-state index in [1.807, 2.05) is 6.07 Å². The molecule has 1 aliphatic carbocycles. The molecule has 1 heterocycles. The molecule has 0 aromatic carbocycles. The average Bonchev–Trinajstić information content (AvgIpc) is 2.33. The number of pyridine rings is 1. The van der Waals surface area contributed by atoms with Crippen molar-refractivity contribution in [3.8, 4) is 6.07 Å². The molecule has 0 spiro atoms. The number of nitriles is 1. The fourth-order valence-corrected chi connectivity index (χ4v) is 2.95. The van der Waals surface area contributed by atoms with Gasteiger partial charge in [0.15, 0.2) is 0 Å². The van der Waals surface area contributed by atoms with Crippen LogP contribution in [0.25, 0.3) is 0 Å². The van der Waals surface area contributed by atoms with Crippen molar-refractivity contribution in [1.29, 1.82) is 5.26 Å². The number of rotatable bonds is 4. The molecule has 1 fully saturated rings. The molecule has 0 radical (unpaired) electrons. The van der Waals surface area contributed by atoms with Gasteiger partial charge in [0, 0.05) is 19.3 Å². The van der Waals surface area contributed by atoms with E-state index >= 15 is 0 Å². The van der Waals surface area contributed by atoms with E-state index in [1.54, 1.807) is 7.11 Å². The first-order valence-electron chi connectivity index (χ1n) is 5.46. The van der Waals surface area contributed by atoms with Crippen molar-refractivity contribution in [2.75, 3.05) is 7.11 Å². The van der Waals surface area contributed by atoms with Gasteiger partial charge in [0.05, 0.1) is 6.10 Å². The van der Waals surface area contributed by atoms with Crippen LogP contribution in [-0.2, 0) is 14.8 Å². The fourth-order valence-electron chi connectivity index (χ4n) is 1.75. The van der Waals surface area contributed by atoms with Crippen molar-refractivity contribution in [2.45, 2.75) is 29.9 Å². The SMILES string of the molecule is COC1CC(NS(=O)(=O)c2ccc(C#N)nc2)C1. The summed E-state index contributed by atoms with van der Waals surface area (Å²) in [5.74, 6) is 0. The van der Waals surface area contributed by atoms with Gasteiger partial charge in [-0.25, -0.2) is 18.1 Å². The van der Waals surface area contributed by atoms with Gasteiger partial charge in [-0.05, 0) is 25.0 Å². The molecule has 1 aromatic heterocycles. The molecule has 0 bridgehead atoms.